The van der Waals surface area contributed by atoms with Crippen molar-refractivity contribution in [1.29, 1.82) is 0 Å². The molecule has 0 aromatic heterocycles. The Morgan fingerprint density at radius 1 is 1.26 bits per heavy atom. The maximum Gasteiger partial charge on any atom is 0.166 e. The summed E-state index contributed by atoms with van der Waals surface area (Å²) in [5, 5.41) is 6.60. The first-order valence-corrected chi connectivity index (χ1v) is 7.70. The molecule has 19 heavy (non-hydrogen) atoms. The van der Waals surface area contributed by atoms with Crippen molar-refractivity contribution >= 4 is 22.6 Å². The van der Waals surface area contributed by atoms with Crippen LogP contribution in [-0.2, 0) is 0 Å². The molecule has 3 atom stereocenters. The summed E-state index contributed by atoms with van der Waals surface area (Å²) in [5.74, 6) is 0.0655. The molecule has 0 bridgehead atoms. The minimum absolute atomic E-state index is 0.00533. The second kappa shape index (κ2) is 6.85. The second-order valence-electron chi connectivity index (χ2n) is 4.87. The van der Waals surface area contributed by atoms with Gasteiger partial charge in [0.1, 0.15) is 6.10 Å². The Bertz CT molecular complexity index is 430. The van der Waals surface area contributed by atoms with Crippen molar-refractivity contribution in [3.8, 4) is 5.75 Å². The highest BCUT2D eigenvalue weighted by molar-refractivity contribution is 14.1. The summed E-state index contributed by atoms with van der Waals surface area (Å²) < 4.78 is 20.6. The van der Waals surface area contributed by atoms with E-state index < -0.39 is 0 Å². The van der Waals surface area contributed by atoms with Crippen LogP contribution in [0.5, 0.6) is 5.75 Å². The summed E-state index contributed by atoms with van der Waals surface area (Å²) in [6.45, 7) is 0. The Hall–Kier alpha value is -0.400. The molecule has 2 rings (SSSR count). The normalized spacial score (nSPS) is 27.3. The number of ether oxygens (including phenoxy) is 1. The summed E-state index contributed by atoms with van der Waals surface area (Å²) in [6.07, 6.45) is 3.18. The van der Waals surface area contributed by atoms with E-state index in [-0.39, 0.29) is 18.0 Å². The van der Waals surface area contributed by atoms with Crippen LogP contribution in [0, 0.1) is 9.39 Å². The molecular weight excluding hydrogens is 358 g/mol. The van der Waals surface area contributed by atoms with E-state index in [0.717, 1.165) is 22.8 Å². The monoisotopic (exact) mass is 378 g/mol. The van der Waals surface area contributed by atoms with Gasteiger partial charge in [0.15, 0.2) is 11.6 Å². The average molecular weight is 378 g/mol. The van der Waals surface area contributed by atoms with Gasteiger partial charge >= 0.3 is 0 Å². The van der Waals surface area contributed by atoms with E-state index >= 15 is 0 Å². The van der Waals surface area contributed by atoms with Crippen LogP contribution in [0.4, 0.5) is 4.39 Å². The van der Waals surface area contributed by atoms with Gasteiger partial charge in [0.05, 0.1) is 6.04 Å². The largest absolute Gasteiger partial charge is 0.486 e. The van der Waals surface area contributed by atoms with Crippen molar-refractivity contribution in [1.82, 2.24) is 10.6 Å². The second-order valence-corrected chi connectivity index (χ2v) is 6.12. The average Bonchev–Trinajstić information content (AvgIpc) is 2.41. The van der Waals surface area contributed by atoms with Crippen molar-refractivity contribution in [2.45, 2.75) is 37.5 Å². The van der Waals surface area contributed by atoms with Gasteiger partial charge in [-0.3, -0.25) is 0 Å². The minimum atomic E-state index is -0.284. The van der Waals surface area contributed by atoms with Crippen molar-refractivity contribution in [3.63, 3.8) is 0 Å². The number of nitrogens with one attached hydrogen (secondary N) is 2. The SMILES string of the molecule is CN[C@@H]1C(Oc2ccc(I)cc2F)CCC[C@H]1NC. The molecule has 1 aromatic carbocycles. The first-order chi connectivity index (χ1) is 9.15. The van der Waals surface area contributed by atoms with E-state index in [4.69, 9.17) is 4.74 Å². The highest BCUT2D eigenvalue weighted by Crippen LogP contribution is 2.26. The van der Waals surface area contributed by atoms with Gasteiger partial charge in [0, 0.05) is 9.61 Å². The molecule has 1 aliphatic rings. The lowest BCUT2D eigenvalue weighted by Gasteiger charge is -2.37. The Morgan fingerprint density at radius 3 is 2.68 bits per heavy atom. The summed E-state index contributed by atoms with van der Waals surface area (Å²) in [6, 6.07) is 5.66. The van der Waals surface area contributed by atoms with E-state index in [1.807, 2.05) is 20.2 Å². The lowest BCUT2D eigenvalue weighted by molar-refractivity contribution is 0.0933. The van der Waals surface area contributed by atoms with Crippen LogP contribution in [0.25, 0.3) is 0 Å². The molecule has 1 aromatic rings. The molecule has 1 saturated carbocycles. The Kier molecular flexibility index (Phi) is 5.41. The van der Waals surface area contributed by atoms with Crippen molar-refractivity contribution in [2.75, 3.05) is 14.1 Å². The summed E-state index contributed by atoms with van der Waals surface area (Å²) in [7, 11) is 3.89. The number of halogens is 2. The van der Waals surface area contributed by atoms with Crippen molar-refractivity contribution < 1.29 is 9.13 Å². The molecule has 1 aliphatic carbocycles. The lowest BCUT2D eigenvalue weighted by Crippen LogP contribution is -2.56. The predicted octanol–water partition coefficient (Wildman–Crippen LogP) is 2.54. The van der Waals surface area contributed by atoms with Gasteiger partial charge in [-0.05, 0) is 74.1 Å². The Morgan fingerprint density at radius 2 is 2.05 bits per heavy atom. The van der Waals surface area contributed by atoms with Crippen molar-refractivity contribution in [3.05, 3.63) is 27.6 Å². The third-order valence-corrected chi connectivity index (χ3v) is 4.39. The third-order valence-electron chi connectivity index (χ3n) is 3.71. The molecule has 2 N–H and O–H groups in total. The fourth-order valence-corrected chi connectivity index (χ4v) is 3.19. The number of rotatable bonds is 4. The van der Waals surface area contributed by atoms with E-state index in [9.17, 15) is 4.39 Å². The Labute approximate surface area is 127 Å². The highest BCUT2D eigenvalue weighted by atomic mass is 127. The van der Waals surface area contributed by atoms with Crippen LogP contribution in [-0.4, -0.2) is 32.3 Å². The van der Waals surface area contributed by atoms with Gasteiger partial charge in [-0.1, -0.05) is 0 Å². The van der Waals surface area contributed by atoms with E-state index in [2.05, 4.69) is 33.2 Å². The zero-order chi connectivity index (χ0) is 13.8. The molecule has 0 spiro atoms. The predicted molar refractivity (Wildman–Crippen MR) is 83.1 cm³/mol. The van der Waals surface area contributed by atoms with E-state index in [0.29, 0.717) is 11.8 Å². The maximum atomic E-state index is 13.8. The number of benzene rings is 1. The zero-order valence-corrected chi connectivity index (χ0v) is 13.4. The Balaban J connectivity index is 2.12. The molecule has 0 heterocycles. The first-order valence-electron chi connectivity index (χ1n) is 6.62. The van der Waals surface area contributed by atoms with Gasteiger partial charge in [-0.25, -0.2) is 4.39 Å². The molecule has 0 radical (unpaired) electrons. The fourth-order valence-electron chi connectivity index (χ4n) is 2.73. The summed E-state index contributed by atoms with van der Waals surface area (Å²) in [5.41, 5.74) is 0. The van der Waals surface area contributed by atoms with Crippen molar-refractivity contribution in [2.24, 2.45) is 0 Å². The standard InChI is InChI=1S/C14H20FIN2O/c1-17-11-4-3-5-13(14(11)18-2)19-12-7-6-9(16)8-10(12)15/h6-8,11,13-14,17-18H,3-5H2,1-2H3/t11-,13?,14+/m1/s1. The lowest BCUT2D eigenvalue weighted by atomic mass is 9.88. The van der Waals surface area contributed by atoms with Crippen LogP contribution in [0.2, 0.25) is 0 Å². The summed E-state index contributed by atoms with van der Waals surface area (Å²) >= 11 is 2.10. The van der Waals surface area contributed by atoms with Gasteiger partial charge in [0.2, 0.25) is 0 Å². The van der Waals surface area contributed by atoms with Crippen LogP contribution in [0.1, 0.15) is 19.3 Å². The topological polar surface area (TPSA) is 33.3 Å². The first kappa shape index (κ1) is 15.0. The maximum absolute atomic E-state index is 13.8. The molecule has 1 unspecified atom stereocenters. The van der Waals surface area contributed by atoms with Gasteiger partial charge in [-0.15, -0.1) is 0 Å². The van der Waals surface area contributed by atoms with Gasteiger partial charge in [-0.2, -0.15) is 0 Å². The number of hydrogen-bond donors (Lipinski definition) is 2. The summed E-state index contributed by atoms with van der Waals surface area (Å²) in [4.78, 5) is 0. The fraction of sp³-hybridized carbons (Fsp3) is 0.571. The zero-order valence-electron chi connectivity index (χ0n) is 11.2. The molecule has 0 saturated heterocycles. The van der Waals surface area contributed by atoms with E-state index in [1.165, 1.54) is 6.07 Å². The van der Waals surface area contributed by atoms with Crippen LogP contribution < -0.4 is 15.4 Å². The third kappa shape index (κ3) is 3.58. The molecule has 3 nitrogen and oxygen atoms in total. The highest BCUT2D eigenvalue weighted by Gasteiger charge is 2.33. The van der Waals surface area contributed by atoms with E-state index in [1.54, 1.807) is 6.07 Å². The van der Waals surface area contributed by atoms with Crippen LogP contribution in [0.3, 0.4) is 0 Å². The molecule has 0 amide bonds. The molecule has 1 fully saturated rings. The smallest absolute Gasteiger partial charge is 0.166 e. The quantitative estimate of drug-likeness (QED) is 0.791. The van der Waals surface area contributed by atoms with Crippen LogP contribution >= 0.6 is 22.6 Å². The number of hydrogen-bond acceptors (Lipinski definition) is 3. The minimum Gasteiger partial charge on any atom is -0.486 e. The molecule has 0 aliphatic heterocycles. The molecular formula is C14H20FIN2O. The van der Waals surface area contributed by atoms with Gasteiger partial charge in [0.25, 0.3) is 0 Å². The molecule has 5 heteroatoms. The van der Waals surface area contributed by atoms with Crippen LogP contribution in [0.15, 0.2) is 18.2 Å². The van der Waals surface area contributed by atoms with Gasteiger partial charge < -0.3 is 15.4 Å². The molecule has 106 valence electrons. The number of likely N-dealkylation sites (N-methyl/N-ethyl adjacent to an activating group) is 2.